The van der Waals surface area contributed by atoms with Gasteiger partial charge in [-0.2, -0.15) is 0 Å². The molecule has 5 heteroatoms. The van der Waals surface area contributed by atoms with Crippen LogP contribution in [0.5, 0.6) is 0 Å². The van der Waals surface area contributed by atoms with Crippen LogP contribution in [0.25, 0.3) is 0 Å². The van der Waals surface area contributed by atoms with Gasteiger partial charge in [-0.1, -0.05) is 0 Å². The van der Waals surface area contributed by atoms with Gasteiger partial charge in [0.2, 0.25) is 5.91 Å². The Balaban J connectivity index is 1.24. The van der Waals surface area contributed by atoms with E-state index in [1.54, 1.807) is 0 Å². The maximum absolute atomic E-state index is 12.2. The Bertz CT molecular complexity index is 374. The van der Waals surface area contributed by atoms with Gasteiger partial charge in [-0.25, -0.2) is 0 Å². The molecule has 126 valence electrons. The average Bonchev–Trinajstić information content (AvgIpc) is 3.22. The summed E-state index contributed by atoms with van der Waals surface area (Å²) in [4.78, 5) is 14.6. The van der Waals surface area contributed by atoms with Crippen LogP contribution in [0.3, 0.4) is 0 Å². The summed E-state index contributed by atoms with van der Waals surface area (Å²) < 4.78 is 5.91. The third-order valence-corrected chi connectivity index (χ3v) is 5.75. The molecule has 0 radical (unpaired) electrons. The number of ether oxygens (including phenoxy) is 1. The second kappa shape index (κ2) is 7.28. The SMILES string of the molecule is CN1CCC(OCCCNC(=O)[C@H]2CC23CCNCC3)CC1. The van der Waals surface area contributed by atoms with E-state index in [1.165, 1.54) is 12.8 Å². The lowest BCUT2D eigenvalue weighted by Crippen LogP contribution is -2.35. The van der Waals surface area contributed by atoms with Crippen LogP contribution in [0.1, 0.15) is 38.5 Å². The van der Waals surface area contributed by atoms with Crippen LogP contribution in [0, 0.1) is 11.3 Å². The van der Waals surface area contributed by atoms with Crippen molar-refractivity contribution in [1.29, 1.82) is 0 Å². The van der Waals surface area contributed by atoms with E-state index in [-0.39, 0.29) is 11.8 Å². The second-order valence-electron chi connectivity index (χ2n) is 7.39. The number of likely N-dealkylation sites (tertiary alicyclic amines) is 1. The number of nitrogens with zero attached hydrogens (tertiary/aromatic N) is 1. The summed E-state index contributed by atoms with van der Waals surface area (Å²) in [6, 6.07) is 0. The highest BCUT2D eigenvalue weighted by molar-refractivity contribution is 5.82. The fourth-order valence-electron chi connectivity index (χ4n) is 4.00. The van der Waals surface area contributed by atoms with Crippen LogP contribution in [-0.4, -0.2) is 63.3 Å². The molecule has 0 bridgehead atoms. The van der Waals surface area contributed by atoms with Crippen molar-refractivity contribution in [3.63, 3.8) is 0 Å². The van der Waals surface area contributed by atoms with Crippen molar-refractivity contribution in [2.24, 2.45) is 11.3 Å². The van der Waals surface area contributed by atoms with Gasteiger partial charge in [0.05, 0.1) is 6.10 Å². The minimum atomic E-state index is 0.279. The van der Waals surface area contributed by atoms with Crippen molar-refractivity contribution in [2.75, 3.05) is 46.4 Å². The second-order valence-corrected chi connectivity index (χ2v) is 7.39. The Labute approximate surface area is 134 Å². The molecule has 0 aromatic rings. The quantitative estimate of drug-likeness (QED) is 0.719. The van der Waals surface area contributed by atoms with Crippen LogP contribution < -0.4 is 10.6 Å². The highest BCUT2D eigenvalue weighted by Crippen LogP contribution is 2.58. The molecular formula is C17H31N3O2. The third-order valence-electron chi connectivity index (χ3n) is 5.75. The first-order chi connectivity index (χ1) is 10.7. The lowest BCUT2D eigenvalue weighted by Gasteiger charge is -2.28. The fraction of sp³-hybridized carbons (Fsp3) is 0.941. The first-order valence-corrected chi connectivity index (χ1v) is 8.98. The monoisotopic (exact) mass is 309 g/mol. The number of rotatable bonds is 6. The Morgan fingerprint density at radius 1 is 1.32 bits per heavy atom. The molecule has 3 fully saturated rings. The number of hydrogen-bond donors (Lipinski definition) is 2. The topological polar surface area (TPSA) is 53.6 Å². The van der Waals surface area contributed by atoms with Gasteiger partial charge >= 0.3 is 0 Å². The molecule has 1 aliphatic carbocycles. The fourth-order valence-corrected chi connectivity index (χ4v) is 4.00. The zero-order valence-corrected chi connectivity index (χ0v) is 13.9. The molecule has 3 aliphatic rings. The van der Waals surface area contributed by atoms with E-state index in [2.05, 4.69) is 22.6 Å². The molecule has 2 N–H and O–H groups in total. The number of hydrogen-bond acceptors (Lipinski definition) is 4. The van der Waals surface area contributed by atoms with Crippen molar-refractivity contribution in [3.8, 4) is 0 Å². The standard InChI is InChI=1S/C17H31N3O2/c1-20-10-3-14(4-11-20)22-12-2-7-19-16(21)15-13-17(15)5-8-18-9-6-17/h14-15,18H,2-13H2,1H3,(H,19,21)/t15-/m1/s1. The largest absolute Gasteiger partial charge is 0.378 e. The maximum atomic E-state index is 12.2. The zero-order valence-electron chi connectivity index (χ0n) is 13.9. The molecular weight excluding hydrogens is 278 g/mol. The number of piperidine rings is 2. The summed E-state index contributed by atoms with van der Waals surface area (Å²) in [6.45, 7) is 5.97. The molecule has 2 saturated heterocycles. The lowest BCUT2D eigenvalue weighted by atomic mass is 9.92. The molecule has 0 aromatic carbocycles. The zero-order chi connectivity index (χ0) is 15.4. The molecule has 1 amide bonds. The molecule has 2 aliphatic heterocycles. The average molecular weight is 309 g/mol. The van der Waals surface area contributed by atoms with Crippen LogP contribution in [0.4, 0.5) is 0 Å². The van der Waals surface area contributed by atoms with Crippen LogP contribution in [0.2, 0.25) is 0 Å². The lowest BCUT2D eigenvalue weighted by molar-refractivity contribution is -0.123. The molecule has 2 heterocycles. The van der Waals surface area contributed by atoms with Gasteiger partial charge in [-0.05, 0) is 64.1 Å². The highest BCUT2D eigenvalue weighted by atomic mass is 16.5. The summed E-state index contributed by atoms with van der Waals surface area (Å²) in [5.74, 6) is 0.561. The first-order valence-electron chi connectivity index (χ1n) is 8.98. The van der Waals surface area contributed by atoms with Crippen molar-refractivity contribution in [3.05, 3.63) is 0 Å². The predicted molar refractivity (Wildman–Crippen MR) is 86.7 cm³/mol. The van der Waals surface area contributed by atoms with E-state index in [9.17, 15) is 4.79 Å². The summed E-state index contributed by atoms with van der Waals surface area (Å²) >= 11 is 0. The first kappa shape index (κ1) is 16.2. The molecule has 3 rings (SSSR count). The smallest absolute Gasteiger partial charge is 0.223 e. The van der Waals surface area contributed by atoms with E-state index in [4.69, 9.17) is 4.74 Å². The molecule has 1 atom stereocenters. The summed E-state index contributed by atoms with van der Waals surface area (Å²) in [7, 11) is 2.17. The van der Waals surface area contributed by atoms with Gasteiger partial charge in [0, 0.05) is 32.2 Å². The van der Waals surface area contributed by atoms with Crippen LogP contribution in [0.15, 0.2) is 0 Å². The van der Waals surface area contributed by atoms with Crippen LogP contribution in [-0.2, 0) is 9.53 Å². The highest BCUT2D eigenvalue weighted by Gasteiger charge is 2.57. The van der Waals surface area contributed by atoms with E-state index >= 15 is 0 Å². The molecule has 0 aromatic heterocycles. The van der Waals surface area contributed by atoms with Gasteiger partial charge < -0.3 is 20.3 Å². The molecule has 22 heavy (non-hydrogen) atoms. The molecule has 5 nitrogen and oxygen atoms in total. The molecule has 0 unspecified atom stereocenters. The number of carbonyl (C=O) groups excluding carboxylic acids is 1. The normalized spacial score (nSPS) is 28.7. The summed E-state index contributed by atoms with van der Waals surface area (Å²) in [5, 5.41) is 6.50. The van der Waals surface area contributed by atoms with Crippen molar-refractivity contribution < 1.29 is 9.53 Å². The van der Waals surface area contributed by atoms with Crippen LogP contribution >= 0.6 is 0 Å². The third kappa shape index (κ3) is 4.00. The van der Waals surface area contributed by atoms with E-state index < -0.39 is 0 Å². The maximum Gasteiger partial charge on any atom is 0.223 e. The summed E-state index contributed by atoms with van der Waals surface area (Å²) in [6.07, 6.45) is 7.08. The van der Waals surface area contributed by atoms with Crippen molar-refractivity contribution in [2.45, 2.75) is 44.6 Å². The Kier molecular flexibility index (Phi) is 5.37. The Morgan fingerprint density at radius 2 is 2.05 bits per heavy atom. The molecule has 1 spiro atoms. The van der Waals surface area contributed by atoms with Gasteiger partial charge in [0.25, 0.3) is 0 Å². The van der Waals surface area contributed by atoms with Gasteiger partial charge in [-0.15, -0.1) is 0 Å². The van der Waals surface area contributed by atoms with Gasteiger partial charge in [0.1, 0.15) is 0 Å². The predicted octanol–water partition coefficient (Wildman–Crippen LogP) is 0.993. The number of nitrogens with one attached hydrogen (secondary N) is 2. The molecule has 1 saturated carbocycles. The minimum Gasteiger partial charge on any atom is -0.378 e. The van der Waals surface area contributed by atoms with Gasteiger partial charge in [0.15, 0.2) is 0 Å². The summed E-state index contributed by atoms with van der Waals surface area (Å²) in [5.41, 5.74) is 0.347. The van der Waals surface area contributed by atoms with E-state index in [1.807, 2.05) is 0 Å². The minimum absolute atomic E-state index is 0.279. The van der Waals surface area contributed by atoms with E-state index in [0.29, 0.717) is 11.5 Å². The van der Waals surface area contributed by atoms with Crippen molar-refractivity contribution >= 4 is 5.91 Å². The number of carbonyl (C=O) groups is 1. The van der Waals surface area contributed by atoms with Gasteiger partial charge in [-0.3, -0.25) is 4.79 Å². The number of amides is 1. The Hall–Kier alpha value is -0.650. The Morgan fingerprint density at radius 3 is 2.77 bits per heavy atom. The van der Waals surface area contributed by atoms with E-state index in [0.717, 1.165) is 65.0 Å². The van der Waals surface area contributed by atoms with Crippen molar-refractivity contribution in [1.82, 2.24) is 15.5 Å².